The molecule has 4 aromatic rings. The number of carbonyl (C=O) groups excluding carboxylic acids is 2. The van der Waals surface area contributed by atoms with Gasteiger partial charge in [-0.25, -0.2) is 4.98 Å². The number of anilines is 1. The number of Topliss-reactive ketones (excluding diaryl/α,β-unsaturated/α-hetero) is 1. The van der Waals surface area contributed by atoms with Crippen LogP contribution in [0.15, 0.2) is 61.1 Å². The number of fused-ring (bicyclic) bond motifs is 1. The van der Waals surface area contributed by atoms with Gasteiger partial charge in [0.1, 0.15) is 5.75 Å². The highest BCUT2D eigenvalue weighted by Gasteiger charge is 2.50. The van der Waals surface area contributed by atoms with E-state index in [-0.39, 0.29) is 5.75 Å². The maximum atomic E-state index is 13.0. The number of aromatic hydroxyl groups is 1. The lowest BCUT2D eigenvalue weighted by atomic mass is 9.89. The number of phenols is 1. The minimum absolute atomic E-state index is 0.0402. The molecule has 138 valence electrons. The summed E-state index contributed by atoms with van der Waals surface area (Å²) in [5.74, 6) is -1.86. The Bertz CT molecular complexity index is 1200. The van der Waals surface area contributed by atoms with E-state index in [1.54, 1.807) is 48.9 Å². The van der Waals surface area contributed by atoms with Crippen molar-refractivity contribution >= 4 is 28.4 Å². The van der Waals surface area contributed by atoms with E-state index in [4.69, 9.17) is 0 Å². The zero-order valence-electron chi connectivity index (χ0n) is 14.5. The maximum Gasteiger partial charge on any atom is 0.295 e. The Hall–Kier alpha value is -3.94. The lowest BCUT2D eigenvalue weighted by Crippen LogP contribution is -2.29. The van der Waals surface area contributed by atoms with Crippen molar-refractivity contribution in [3.05, 3.63) is 72.3 Å². The molecule has 1 aliphatic heterocycles. The van der Waals surface area contributed by atoms with Crippen LogP contribution in [0.3, 0.4) is 0 Å². The van der Waals surface area contributed by atoms with Gasteiger partial charge in [0.05, 0.1) is 35.0 Å². The summed E-state index contributed by atoms with van der Waals surface area (Å²) in [5, 5.41) is 16.8. The van der Waals surface area contributed by atoms with Crippen LogP contribution in [0.1, 0.15) is 23.2 Å². The fraction of sp³-hybridized carbons (Fsp3) is 0.100. The highest BCUT2D eigenvalue weighted by Crippen LogP contribution is 2.45. The molecule has 0 bridgehead atoms. The number of rotatable bonds is 3. The van der Waals surface area contributed by atoms with Crippen molar-refractivity contribution in [1.82, 2.24) is 20.2 Å². The summed E-state index contributed by atoms with van der Waals surface area (Å²) >= 11 is 0. The molecule has 2 unspecified atom stereocenters. The summed E-state index contributed by atoms with van der Waals surface area (Å²) in [5.41, 5.74) is 3.32. The van der Waals surface area contributed by atoms with Crippen LogP contribution in [0.25, 0.3) is 11.0 Å². The summed E-state index contributed by atoms with van der Waals surface area (Å²) in [6.45, 7) is 0. The number of imidazole rings is 1. The van der Waals surface area contributed by atoms with Gasteiger partial charge in [-0.1, -0.05) is 12.1 Å². The number of nitrogens with one attached hydrogen (secondary N) is 2. The SMILES string of the molecule is O=C1C(=O)N(c2ccc3nc[nH]c3c2)C(c2ccn[nH]2)C1c1cccc(O)c1. The van der Waals surface area contributed by atoms with Crippen molar-refractivity contribution in [3.63, 3.8) is 0 Å². The molecule has 1 amide bonds. The molecule has 3 N–H and O–H groups in total. The van der Waals surface area contributed by atoms with Crippen molar-refractivity contribution in [2.45, 2.75) is 12.0 Å². The van der Waals surface area contributed by atoms with Crippen molar-refractivity contribution in [2.24, 2.45) is 0 Å². The summed E-state index contributed by atoms with van der Waals surface area (Å²) in [6, 6.07) is 12.9. The molecule has 0 spiro atoms. The van der Waals surface area contributed by atoms with Crippen LogP contribution in [-0.2, 0) is 9.59 Å². The first-order valence-corrected chi connectivity index (χ1v) is 8.72. The van der Waals surface area contributed by atoms with Gasteiger partial charge in [0.15, 0.2) is 0 Å². The zero-order chi connectivity index (χ0) is 19.3. The minimum Gasteiger partial charge on any atom is -0.508 e. The number of amides is 1. The molecule has 3 heterocycles. The van der Waals surface area contributed by atoms with Crippen LogP contribution in [0.4, 0.5) is 5.69 Å². The lowest BCUT2D eigenvalue weighted by molar-refractivity contribution is -0.134. The average molecular weight is 373 g/mol. The molecule has 2 aromatic heterocycles. The predicted octanol–water partition coefficient (Wildman–Crippen LogP) is 2.43. The number of H-pyrrole nitrogens is 2. The van der Waals surface area contributed by atoms with Crippen molar-refractivity contribution < 1.29 is 14.7 Å². The Kier molecular flexibility index (Phi) is 3.51. The number of aromatic amines is 2. The quantitative estimate of drug-likeness (QED) is 0.477. The predicted molar refractivity (Wildman–Crippen MR) is 101 cm³/mol. The Morgan fingerprint density at radius 2 is 1.96 bits per heavy atom. The van der Waals surface area contributed by atoms with Gasteiger partial charge in [-0.3, -0.25) is 19.6 Å². The fourth-order valence-electron chi connectivity index (χ4n) is 3.82. The van der Waals surface area contributed by atoms with Crippen molar-refractivity contribution in [3.8, 4) is 5.75 Å². The molecule has 8 heteroatoms. The zero-order valence-corrected chi connectivity index (χ0v) is 14.5. The highest BCUT2D eigenvalue weighted by molar-refractivity contribution is 6.46. The van der Waals surface area contributed by atoms with E-state index in [9.17, 15) is 14.7 Å². The molecule has 5 rings (SSSR count). The number of hydrogen-bond donors (Lipinski definition) is 3. The van der Waals surface area contributed by atoms with Gasteiger partial charge in [-0.05, 0) is 42.0 Å². The molecule has 0 radical (unpaired) electrons. The van der Waals surface area contributed by atoms with Crippen LogP contribution in [-0.4, -0.2) is 37.0 Å². The Balaban J connectivity index is 1.69. The third-order valence-corrected chi connectivity index (χ3v) is 5.06. The summed E-state index contributed by atoms with van der Waals surface area (Å²) < 4.78 is 0. The number of aromatic nitrogens is 4. The standard InChI is InChI=1S/C20H15N5O3/c26-13-3-1-2-11(8-13)17-18(15-6-7-23-24-15)25(20(28)19(17)27)12-4-5-14-16(9-12)22-10-21-14/h1-10,17-18,26H,(H,21,22)(H,23,24). The van der Waals surface area contributed by atoms with Gasteiger partial charge in [0, 0.05) is 11.9 Å². The van der Waals surface area contributed by atoms with Crippen LogP contribution >= 0.6 is 0 Å². The highest BCUT2D eigenvalue weighted by atomic mass is 16.3. The third kappa shape index (κ3) is 2.38. The topological polar surface area (TPSA) is 115 Å². The Morgan fingerprint density at radius 3 is 2.75 bits per heavy atom. The molecular weight excluding hydrogens is 358 g/mol. The van der Waals surface area contributed by atoms with E-state index in [0.717, 1.165) is 11.0 Å². The largest absolute Gasteiger partial charge is 0.508 e. The fourth-order valence-corrected chi connectivity index (χ4v) is 3.82. The van der Waals surface area contributed by atoms with E-state index < -0.39 is 23.7 Å². The number of phenolic OH excluding ortho intramolecular Hbond substituents is 1. The van der Waals surface area contributed by atoms with Gasteiger partial charge in [0.2, 0.25) is 5.78 Å². The molecule has 28 heavy (non-hydrogen) atoms. The minimum atomic E-state index is -0.766. The average Bonchev–Trinajstić information content (AvgIpc) is 3.42. The number of hydrogen-bond acceptors (Lipinski definition) is 5. The number of carbonyl (C=O) groups is 2. The molecule has 0 saturated carbocycles. The summed E-state index contributed by atoms with van der Waals surface area (Å²) in [6.07, 6.45) is 3.16. The van der Waals surface area contributed by atoms with Gasteiger partial charge in [0.25, 0.3) is 5.91 Å². The van der Waals surface area contributed by atoms with Crippen molar-refractivity contribution in [2.75, 3.05) is 4.90 Å². The van der Waals surface area contributed by atoms with E-state index in [2.05, 4.69) is 20.2 Å². The second-order valence-electron chi connectivity index (χ2n) is 6.67. The number of benzene rings is 2. The normalized spacial score (nSPS) is 19.6. The molecule has 2 atom stereocenters. The van der Waals surface area contributed by atoms with Gasteiger partial charge >= 0.3 is 0 Å². The van der Waals surface area contributed by atoms with Crippen LogP contribution in [0.5, 0.6) is 5.75 Å². The van der Waals surface area contributed by atoms with Gasteiger partial charge in [-0.15, -0.1) is 0 Å². The van der Waals surface area contributed by atoms with E-state index >= 15 is 0 Å². The van der Waals surface area contributed by atoms with Crippen molar-refractivity contribution in [1.29, 1.82) is 0 Å². The van der Waals surface area contributed by atoms with Crippen LogP contribution in [0.2, 0.25) is 0 Å². The first-order valence-electron chi connectivity index (χ1n) is 8.72. The molecule has 2 aromatic carbocycles. The Morgan fingerprint density at radius 1 is 1.07 bits per heavy atom. The smallest absolute Gasteiger partial charge is 0.295 e. The second kappa shape index (κ2) is 6.05. The summed E-state index contributed by atoms with van der Waals surface area (Å²) in [4.78, 5) is 34.7. The maximum absolute atomic E-state index is 13.0. The molecule has 0 aliphatic carbocycles. The Labute approximate surface area is 158 Å². The molecular formula is C20H15N5O3. The van der Waals surface area contributed by atoms with Crippen LogP contribution in [0, 0.1) is 0 Å². The first-order chi connectivity index (χ1) is 13.6. The van der Waals surface area contributed by atoms with Gasteiger partial charge in [-0.2, -0.15) is 5.10 Å². The molecule has 1 saturated heterocycles. The van der Waals surface area contributed by atoms with E-state index in [1.807, 2.05) is 0 Å². The summed E-state index contributed by atoms with van der Waals surface area (Å²) in [7, 11) is 0. The molecule has 1 fully saturated rings. The van der Waals surface area contributed by atoms with Gasteiger partial charge < -0.3 is 10.1 Å². The van der Waals surface area contributed by atoms with E-state index in [0.29, 0.717) is 16.9 Å². The lowest BCUT2D eigenvalue weighted by Gasteiger charge is -2.26. The van der Waals surface area contributed by atoms with Crippen LogP contribution < -0.4 is 4.90 Å². The molecule has 8 nitrogen and oxygen atoms in total. The van der Waals surface area contributed by atoms with E-state index in [1.165, 1.54) is 17.0 Å². The molecule has 1 aliphatic rings. The third-order valence-electron chi connectivity index (χ3n) is 5.06. The number of nitrogens with zero attached hydrogens (tertiary/aromatic N) is 3. The monoisotopic (exact) mass is 373 g/mol. The number of ketones is 1. The second-order valence-corrected chi connectivity index (χ2v) is 6.67. The first kappa shape index (κ1) is 16.2.